The van der Waals surface area contributed by atoms with Crippen LogP contribution in [0.5, 0.6) is 0 Å². The van der Waals surface area contributed by atoms with Gasteiger partial charge in [-0.05, 0) is 0 Å². The van der Waals surface area contributed by atoms with Gasteiger partial charge in [-0.1, -0.05) is 26.3 Å². The van der Waals surface area contributed by atoms with E-state index >= 15 is 0 Å². The lowest BCUT2D eigenvalue weighted by atomic mass is 9.99. The fourth-order valence-electron chi connectivity index (χ4n) is 2.34. The van der Waals surface area contributed by atoms with Crippen molar-refractivity contribution in [2.24, 2.45) is 11.1 Å². The Morgan fingerprint density at radius 3 is 0.906 bits per heavy atom. The lowest BCUT2D eigenvalue weighted by Crippen LogP contribution is -2.46. The molecule has 0 aromatic heterocycles. The van der Waals surface area contributed by atoms with Gasteiger partial charge in [-0.3, -0.25) is 4.55 Å². The molecular formula is C15H27NO11S5. The summed E-state index contributed by atoms with van der Waals surface area (Å²) in [6, 6.07) is 0. The van der Waals surface area contributed by atoms with Crippen LogP contribution in [0.3, 0.4) is 0 Å². The van der Waals surface area contributed by atoms with Gasteiger partial charge in [-0.25, -0.2) is 33.7 Å². The minimum Gasteiger partial charge on any atom is -0.329 e. The van der Waals surface area contributed by atoms with E-state index in [0.717, 1.165) is 0 Å². The zero-order valence-corrected chi connectivity index (χ0v) is 21.1. The molecule has 0 aliphatic carbocycles. The van der Waals surface area contributed by atoms with Crippen LogP contribution in [-0.2, 0) is 49.5 Å². The molecule has 3 N–H and O–H groups in total. The van der Waals surface area contributed by atoms with Gasteiger partial charge in [-0.15, -0.1) is 0 Å². The molecule has 0 bridgehead atoms. The highest BCUT2D eigenvalue weighted by Crippen LogP contribution is 2.29. The number of rotatable bonds is 14. The van der Waals surface area contributed by atoms with Crippen molar-refractivity contribution in [2.45, 2.75) is 0 Å². The Bertz CT molecular complexity index is 1060. The third kappa shape index (κ3) is 14.6. The maximum atomic E-state index is 12.0. The van der Waals surface area contributed by atoms with Crippen LogP contribution < -0.4 is 5.73 Å². The van der Waals surface area contributed by atoms with Crippen LogP contribution in [0.15, 0.2) is 47.9 Å². The lowest BCUT2D eigenvalue weighted by Gasteiger charge is -2.31. The summed E-state index contributed by atoms with van der Waals surface area (Å²) >= 11 is 0. The summed E-state index contributed by atoms with van der Waals surface area (Å²) in [6.45, 7) is 12.2. The van der Waals surface area contributed by atoms with Crippen LogP contribution in [0.4, 0.5) is 0 Å². The molecule has 0 rings (SSSR count). The Morgan fingerprint density at radius 2 is 0.812 bits per heavy atom. The molecule has 32 heavy (non-hydrogen) atoms. The largest absolute Gasteiger partial charge is 0.329 e. The molecule has 0 aromatic carbocycles. The van der Waals surface area contributed by atoms with Crippen molar-refractivity contribution >= 4 is 49.5 Å². The number of sulfone groups is 4. The average Bonchev–Trinajstić information content (AvgIpc) is 2.59. The minimum absolute atomic E-state index is 0.0289. The summed E-state index contributed by atoms with van der Waals surface area (Å²) in [5, 5.41) is 2.01. The van der Waals surface area contributed by atoms with Crippen LogP contribution in [0.2, 0.25) is 0 Å². The van der Waals surface area contributed by atoms with Gasteiger partial charge in [0, 0.05) is 33.6 Å². The molecule has 188 valence electrons. The number of nitrogens with two attached hydrogens (primary N) is 1. The summed E-state index contributed by atoms with van der Waals surface area (Å²) in [4.78, 5) is 0. The topological polar surface area (TPSA) is 217 Å². The van der Waals surface area contributed by atoms with Gasteiger partial charge in [0.25, 0.3) is 10.1 Å². The van der Waals surface area contributed by atoms with E-state index in [1.54, 1.807) is 0 Å². The molecule has 0 amide bonds. The molecule has 12 nitrogen and oxygen atoms in total. The summed E-state index contributed by atoms with van der Waals surface area (Å²) in [7, 11) is -20.4. The van der Waals surface area contributed by atoms with Crippen LogP contribution in [-0.4, -0.2) is 82.0 Å². The van der Waals surface area contributed by atoms with Gasteiger partial charge in [0.1, 0.15) is 0 Å². The van der Waals surface area contributed by atoms with Gasteiger partial charge in [-0.2, -0.15) is 8.42 Å². The second kappa shape index (κ2) is 12.2. The summed E-state index contributed by atoms with van der Waals surface area (Å²) in [5.41, 5.74) is 2.58. The third-order valence-electron chi connectivity index (χ3n) is 3.42. The van der Waals surface area contributed by atoms with E-state index in [4.69, 9.17) is 10.3 Å². The second-order valence-electron chi connectivity index (χ2n) is 6.47. The second-order valence-corrected chi connectivity index (χ2v) is 15.8. The molecule has 0 heterocycles. The van der Waals surface area contributed by atoms with Crippen molar-refractivity contribution < 1.29 is 46.6 Å². The van der Waals surface area contributed by atoms with Gasteiger partial charge >= 0.3 is 0 Å². The summed E-state index contributed by atoms with van der Waals surface area (Å²) in [5.74, 6) is -4.59. The molecule has 0 radical (unpaired) electrons. The SMILES string of the molecule is C=CS(=O)(=O)CC(CS(=O)(=O)C=C)(CS(=O)(=O)C=C)CS(=O)(=O)C=C.NCCS(=O)(=O)O. The Hall–Kier alpha value is -1.37. The van der Waals surface area contributed by atoms with Crippen LogP contribution in [0.25, 0.3) is 0 Å². The van der Waals surface area contributed by atoms with Gasteiger partial charge in [0.2, 0.25) is 0 Å². The normalized spacial score (nSPS) is 13.3. The van der Waals surface area contributed by atoms with E-state index in [2.05, 4.69) is 26.3 Å². The number of hydrogen-bond donors (Lipinski definition) is 2. The van der Waals surface area contributed by atoms with E-state index in [1.165, 1.54) is 0 Å². The van der Waals surface area contributed by atoms with Crippen LogP contribution in [0.1, 0.15) is 0 Å². The molecule has 0 aliphatic heterocycles. The Morgan fingerprint density at radius 1 is 0.594 bits per heavy atom. The monoisotopic (exact) mass is 557 g/mol. The molecule has 0 spiro atoms. The zero-order chi connectivity index (χ0) is 26.1. The van der Waals surface area contributed by atoms with Crippen molar-refractivity contribution in [3.05, 3.63) is 47.9 Å². The Balaban J connectivity index is 0. The quantitative estimate of drug-likeness (QED) is 0.247. The van der Waals surface area contributed by atoms with Crippen LogP contribution >= 0.6 is 0 Å². The first-order chi connectivity index (χ1) is 14.1. The smallest absolute Gasteiger partial charge is 0.266 e. The van der Waals surface area contributed by atoms with Crippen molar-refractivity contribution in [3.8, 4) is 0 Å². The maximum Gasteiger partial charge on any atom is 0.266 e. The van der Waals surface area contributed by atoms with E-state index in [9.17, 15) is 42.1 Å². The fourth-order valence-corrected chi connectivity index (χ4v) is 8.53. The van der Waals surface area contributed by atoms with Gasteiger partial charge in [0.15, 0.2) is 39.3 Å². The predicted molar refractivity (Wildman–Crippen MR) is 124 cm³/mol. The molecule has 0 unspecified atom stereocenters. The Labute approximate surface area is 190 Å². The fraction of sp³-hybridized carbons (Fsp3) is 0.467. The molecule has 0 fully saturated rings. The molecule has 0 aromatic rings. The highest BCUT2D eigenvalue weighted by molar-refractivity contribution is 7.97. The zero-order valence-electron chi connectivity index (χ0n) is 17.0. The molecule has 0 saturated carbocycles. The molecule has 17 heteroatoms. The van der Waals surface area contributed by atoms with Gasteiger partial charge < -0.3 is 5.73 Å². The molecule has 0 atom stereocenters. The van der Waals surface area contributed by atoms with E-state index < -0.39 is 77.9 Å². The minimum atomic E-state index is -4.15. The van der Waals surface area contributed by atoms with Crippen molar-refractivity contribution in [2.75, 3.05) is 35.3 Å². The first kappa shape index (κ1) is 32.8. The standard InChI is InChI=1S/C13H20O8S4.C2H7NO3S/c1-5-22(14,15)9-13(10-23(16,17)6-2,11-24(18,19)7-3)12-25(20,21)8-4;3-1-2-7(4,5)6/h5-8H,1-4,9-12H2;1-3H2,(H,4,5,6). The van der Waals surface area contributed by atoms with Gasteiger partial charge in [0.05, 0.1) is 28.8 Å². The molecule has 0 saturated heterocycles. The average molecular weight is 558 g/mol. The highest BCUT2D eigenvalue weighted by atomic mass is 32.2. The predicted octanol–water partition coefficient (Wildman–Crippen LogP) is -0.961. The first-order valence-corrected chi connectivity index (χ1v) is 16.7. The van der Waals surface area contributed by atoms with Crippen molar-refractivity contribution in [3.63, 3.8) is 0 Å². The first-order valence-electron chi connectivity index (χ1n) is 8.19. The number of hydrogen-bond acceptors (Lipinski definition) is 11. The molecular weight excluding hydrogens is 530 g/mol. The summed E-state index contributed by atoms with van der Waals surface area (Å²) in [6.07, 6.45) is 0. The lowest BCUT2D eigenvalue weighted by molar-refractivity contribution is 0.454. The summed E-state index contributed by atoms with van der Waals surface area (Å²) < 4.78 is 123. The van der Waals surface area contributed by atoms with Crippen molar-refractivity contribution in [1.82, 2.24) is 0 Å². The van der Waals surface area contributed by atoms with Crippen molar-refractivity contribution in [1.29, 1.82) is 0 Å². The van der Waals surface area contributed by atoms with E-state index in [-0.39, 0.29) is 12.3 Å². The third-order valence-corrected chi connectivity index (χ3v) is 10.3. The van der Waals surface area contributed by atoms with E-state index in [1.807, 2.05) is 0 Å². The highest BCUT2D eigenvalue weighted by Gasteiger charge is 2.44. The Kier molecular flexibility index (Phi) is 12.5. The van der Waals surface area contributed by atoms with E-state index in [0.29, 0.717) is 21.6 Å². The maximum absolute atomic E-state index is 12.0. The van der Waals surface area contributed by atoms with Crippen LogP contribution in [0, 0.1) is 5.41 Å². The molecule has 0 aliphatic rings.